The number of benzene rings is 2. The summed E-state index contributed by atoms with van der Waals surface area (Å²) in [7, 11) is 4.07. The second-order valence-corrected chi connectivity index (χ2v) is 4.90. The minimum Gasteiger partial charge on any atom is -0.497 e. The summed E-state index contributed by atoms with van der Waals surface area (Å²) in [4.78, 5) is 23.2. The van der Waals surface area contributed by atoms with Crippen molar-refractivity contribution < 1.29 is 28.5 Å². The lowest BCUT2D eigenvalue weighted by Crippen LogP contribution is -2.12. The van der Waals surface area contributed by atoms with Crippen LogP contribution in [0.25, 0.3) is 0 Å². The van der Waals surface area contributed by atoms with Crippen LogP contribution in [0.4, 0.5) is 4.79 Å². The number of hydrogen-bond acceptors (Lipinski definition) is 6. The SMILES string of the molecule is COC(=O)Oc1ccc(Cc2ccc(OC)cc2)cc1C(=O)OC. The maximum absolute atomic E-state index is 11.9. The molecule has 24 heavy (non-hydrogen) atoms. The zero-order valence-electron chi connectivity index (χ0n) is 13.7. The molecule has 0 aromatic heterocycles. The Labute approximate surface area is 139 Å². The quantitative estimate of drug-likeness (QED) is 0.619. The van der Waals surface area contributed by atoms with Crippen LogP contribution >= 0.6 is 0 Å². The molecule has 6 heteroatoms. The van der Waals surface area contributed by atoms with Crippen LogP contribution in [0.3, 0.4) is 0 Å². The molecule has 0 aliphatic carbocycles. The van der Waals surface area contributed by atoms with Crippen LogP contribution in [0.2, 0.25) is 0 Å². The van der Waals surface area contributed by atoms with Gasteiger partial charge in [-0.25, -0.2) is 9.59 Å². The fraction of sp³-hybridized carbons (Fsp3) is 0.222. The van der Waals surface area contributed by atoms with E-state index in [1.54, 1.807) is 25.3 Å². The zero-order valence-corrected chi connectivity index (χ0v) is 13.7. The van der Waals surface area contributed by atoms with Crippen molar-refractivity contribution in [2.45, 2.75) is 6.42 Å². The van der Waals surface area contributed by atoms with E-state index in [1.807, 2.05) is 24.3 Å². The molecule has 0 atom stereocenters. The van der Waals surface area contributed by atoms with Crippen molar-refractivity contribution in [2.24, 2.45) is 0 Å². The molecule has 0 unspecified atom stereocenters. The highest BCUT2D eigenvalue weighted by Crippen LogP contribution is 2.24. The van der Waals surface area contributed by atoms with Crippen molar-refractivity contribution >= 4 is 12.1 Å². The first-order valence-corrected chi connectivity index (χ1v) is 7.17. The molecule has 0 heterocycles. The topological polar surface area (TPSA) is 71.1 Å². The molecule has 0 fully saturated rings. The lowest BCUT2D eigenvalue weighted by atomic mass is 10.0. The van der Waals surface area contributed by atoms with E-state index < -0.39 is 12.1 Å². The van der Waals surface area contributed by atoms with Crippen LogP contribution in [-0.2, 0) is 15.9 Å². The van der Waals surface area contributed by atoms with Crippen molar-refractivity contribution in [3.63, 3.8) is 0 Å². The van der Waals surface area contributed by atoms with Crippen molar-refractivity contribution in [2.75, 3.05) is 21.3 Å². The maximum Gasteiger partial charge on any atom is 0.513 e. The van der Waals surface area contributed by atoms with Crippen molar-refractivity contribution in [1.29, 1.82) is 0 Å². The molecule has 126 valence electrons. The molecule has 0 N–H and O–H groups in total. The van der Waals surface area contributed by atoms with Gasteiger partial charge in [-0.15, -0.1) is 0 Å². The standard InChI is InChI=1S/C18H18O6/c1-21-14-7-4-12(5-8-14)10-13-6-9-16(24-18(20)23-3)15(11-13)17(19)22-2/h4-9,11H,10H2,1-3H3. The van der Waals surface area contributed by atoms with E-state index in [2.05, 4.69) is 4.74 Å². The smallest absolute Gasteiger partial charge is 0.497 e. The molecule has 0 bridgehead atoms. The molecule has 2 aromatic rings. The van der Waals surface area contributed by atoms with Gasteiger partial charge in [-0.2, -0.15) is 0 Å². The fourth-order valence-corrected chi connectivity index (χ4v) is 2.16. The zero-order chi connectivity index (χ0) is 17.5. The Morgan fingerprint density at radius 1 is 0.875 bits per heavy atom. The monoisotopic (exact) mass is 330 g/mol. The Balaban J connectivity index is 2.27. The average molecular weight is 330 g/mol. The van der Waals surface area contributed by atoms with Gasteiger partial charge < -0.3 is 18.9 Å². The third kappa shape index (κ3) is 4.25. The first kappa shape index (κ1) is 17.3. The first-order chi connectivity index (χ1) is 11.6. The molecule has 0 saturated carbocycles. The summed E-state index contributed by atoms with van der Waals surface area (Å²) < 4.78 is 19.3. The van der Waals surface area contributed by atoms with Crippen LogP contribution in [0.1, 0.15) is 21.5 Å². The van der Waals surface area contributed by atoms with E-state index in [0.29, 0.717) is 6.42 Å². The number of carbonyl (C=O) groups excluding carboxylic acids is 2. The van der Waals surface area contributed by atoms with Gasteiger partial charge in [0.2, 0.25) is 0 Å². The van der Waals surface area contributed by atoms with E-state index in [4.69, 9.17) is 14.2 Å². The van der Waals surface area contributed by atoms with Gasteiger partial charge in [0, 0.05) is 0 Å². The molecular weight excluding hydrogens is 312 g/mol. The normalized spacial score (nSPS) is 9.96. The molecule has 0 aliphatic heterocycles. The molecular formula is C18H18O6. The summed E-state index contributed by atoms with van der Waals surface area (Å²) in [5, 5.41) is 0. The number of carbonyl (C=O) groups is 2. The number of rotatable bonds is 5. The molecule has 2 rings (SSSR count). The summed E-state index contributed by atoms with van der Waals surface area (Å²) >= 11 is 0. The predicted molar refractivity (Wildman–Crippen MR) is 86.6 cm³/mol. The average Bonchev–Trinajstić information content (AvgIpc) is 2.62. The van der Waals surface area contributed by atoms with Gasteiger partial charge in [-0.3, -0.25) is 0 Å². The highest BCUT2D eigenvalue weighted by atomic mass is 16.7. The van der Waals surface area contributed by atoms with Crippen molar-refractivity contribution in [3.05, 3.63) is 59.2 Å². The highest BCUT2D eigenvalue weighted by Gasteiger charge is 2.17. The summed E-state index contributed by atoms with van der Waals surface area (Å²) in [5.41, 5.74) is 2.08. The van der Waals surface area contributed by atoms with Gasteiger partial charge in [-0.05, 0) is 41.8 Å². The maximum atomic E-state index is 11.9. The molecule has 0 aliphatic rings. The summed E-state index contributed by atoms with van der Waals surface area (Å²) in [6, 6.07) is 12.6. The largest absolute Gasteiger partial charge is 0.513 e. The van der Waals surface area contributed by atoms with Crippen LogP contribution in [0, 0.1) is 0 Å². The van der Waals surface area contributed by atoms with Crippen molar-refractivity contribution in [1.82, 2.24) is 0 Å². The Kier molecular flexibility index (Phi) is 5.78. The van der Waals surface area contributed by atoms with E-state index in [-0.39, 0.29) is 11.3 Å². The van der Waals surface area contributed by atoms with E-state index in [1.165, 1.54) is 14.2 Å². The predicted octanol–water partition coefficient (Wildman–Crippen LogP) is 3.22. The Bertz CT molecular complexity index is 721. The minimum absolute atomic E-state index is 0.0900. The molecule has 0 saturated heterocycles. The second kappa shape index (κ2) is 8.01. The second-order valence-electron chi connectivity index (χ2n) is 4.90. The number of hydrogen-bond donors (Lipinski definition) is 0. The van der Waals surface area contributed by atoms with Gasteiger partial charge in [0.15, 0.2) is 0 Å². The molecule has 0 radical (unpaired) electrons. The number of esters is 1. The van der Waals surface area contributed by atoms with Gasteiger partial charge >= 0.3 is 12.1 Å². The summed E-state index contributed by atoms with van der Waals surface area (Å²) in [5.74, 6) is 0.272. The summed E-state index contributed by atoms with van der Waals surface area (Å²) in [6.45, 7) is 0. The highest BCUT2D eigenvalue weighted by molar-refractivity contribution is 5.93. The number of methoxy groups -OCH3 is 3. The Morgan fingerprint density at radius 2 is 1.54 bits per heavy atom. The van der Waals surface area contributed by atoms with E-state index >= 15 is 0 Å². The third-order valence-electron chi connectivity index (χ3n) is 3.38. The fourth-order valence-electron chi connectivity index (χ4n) is 2.16. The molecule has 0 spiro atoms. The van der Waals surface area contributed by atoms with Crippen LogP contribution in [-0.4, -0.2) is 33.5 Å². The molecule has 0 amide bonds. The van der Waals surface area contributed by atoms with E-state index in [9.17, 15) is 9.59 Å². The summed E-state index contributed by atoms with van der Waals surface area (Å²) in [6.07, 6.45) is -0.296. The van der Waals surface area contributed by atoms with E-state index in [0.717, 1.165) is 16.9 Å². The molecule has 2 aromatic carbocycles. The van der Waals surface area contributed by atoms with Gasteiger partial charge in [0.1, 0.15) is 17.1 Å². The van der Waals surface area contributed by atoms with Gasteiger partial charge in [0.05, 0.1) is 21.3 Å². The number of ether oxygens (including phenoxy) is 4. The minimum atomic E-state index is -0.900. The lowest BCUT2D eigenvalue weighted by molar-refractivity contribution is 0.0595. The Morgan fingerprint density at radius 3 is 2.12 bits per heavy atom. The van der Waals surface area contributed by atoms with Crippen LogP contribution in [0.15, 0.2) is 42.5 Å². The van der Waals surface area contributed by atoms with Crippen molar-refractivity contribution in [3.8, 4) is 11.5 Å². The van der Waals surface area contributed by atoms with Gasteiger partial charge in [0.25, 0.3) is 0 Å². The van der Waals surface area contributed by atoms with Gasteiger partial charge in [-0.1, -0.05) is 18.2 Å². The van der Waals surface area contributed by atoms with Crippen LogP contribution < -0.4 is 9.47 Å². The third-order valence-corrected chi connectivity index (χ3v) is 3.38. The lowest BCUT2D eigenvalue weighted by Gasteiger charge is -2.10. The first-order valence-electron chi connectivity index (χ1n) is 7.17. The molecule has 6 nitrogen and oxygen atoms in total. The Hall–Kier alpha value is -3.02. The van der Waals surface area contributed by atoms with Crippen LogP contribution in [0.5, 0.6) is 11.5 Å².